The number of guanidine groups is 1. The number of fused-ring (bicyclic) bond motifs is 1. The summed E-state index contributed by atoms with van der Waals surface area (Å²) in [7, 11) is 0. The van der Waals surface area contributed by atoms with Gasteiger partial charge in [-0.3, -0.25) is 15.2 Å². The van der Waals surface area contributed by atoms with Gasteiger partial charge in [-0.05, 0) is 38.8 Å². The minimum absolute atomic E-state index is 0.00205. The smallest absolute Gasteiger partial charge is 0.331 e. The lowest BCUT2D eigenvalue weighted by Gasteiger charge is -2.25. The number of amides is 1. The first-order valence-corrected chi connectivity index (χ1v) is 10.5. The van der Waals surface area contributed by atoms with Crippen LogP contribution >= 0.6 is 11.8 Å². The van der Waals surface area contributed by atoms with E-state index in [9.17, 15) is 9.59 Å². The average Bonchev–Trinajstić information content (AvgIpc) is 2.69. The summed E-state index contributed by atoms with van der Waals surface area (Å²) < 4.78 is 12.0. The van der Waals surface area contributed by atoms with Gasteiger partial charge in [0.1, 0.15) is 5.60 Å². The van der Waals surface area contributed by atoms with Crippen molar-refractivity contribution in [2.45, 2.75) is 46.3 Å². The van der Waals surface area contributed by atoms with E-state index >= 15 is 0 Å². The predicted octanol–water partition coefficient (Wildman–Crippen LogP) is 3.20. The summed E-state index contributed by atoms with van der Waals surface area (Å²) >= 11 is 6.05. The predicted molar refractivity (Wildman–Crippen MR) is 125 cm³/mol. The van der Waals surface area contributed by atoms with Gasteiger partial charge in [-0.2, -0.15) is 0 Å². The number of esters is 1. The minimum atomic E-state index is -0.961. The van der Waals surface area contributed by atoms with Crippen molar-refractivity contribution in [3.8, 4) is 0 Å². The first-order valence-electron chi connectivity index (χ1n) is 10.2. The van der Waals surface area contributed by atoms with Crippen molar-refractivity contribution in [1.82, 2.24) is 10.3 Å². The fourth-order valence-electron chi connectivity index (χ4n) is 2.79. The molecular weight excluding hydrogens is 434 g/mol. The second-order valence-electron chi connectivity index (χ2n) is 8.75. The Balaban J connectivity index is 2.25. The highest BCUT2D eigenvalue weighted by Crippen LogP contribution is 2.27. The third-order valence-corrected chi connectivity index (χ3v) is 4.52. The van der Waals surface area contributed by atoms with Gasteiger partial charge in [-0.15, -0.1) is 0 Å². The average molecular weight is 464 g/mol. The number of carbonyl (C=O) groups excluding carboxylic acids is 2. The van der Waals surface area contributed by atoms with Crippen molar-refractivity contribution in [2.24, 2.45) is 11.7 Å². The summed E-state index contributed by atoms with van der Waals surface area (Å²) in [5.41, 5.74) is 5.48. The standard InChI is InChI=1S/C22H30ClN5O4/c1-13(2)11-31-12-17(20(30)32-22(3,4)5)27-19(29)14-6-7-16-15(8-14)9-26-10-18(16)28(23)21(24)25/h6-10,13,17H,11-12H2,1-5H3,(H3,24,25)(H,27,29)/t17-/m0/s1. The molecule has 0 aliphatic rings. The fraction of sp³-hybridized carbons (Fsp3) is 0.455. The zero-order valence-corrected chi connectivity index (χ0v) is 19.7. The third kappa shape index (κ3) is 7.06. The Hall–Kier alpha value is -2.91. The second-order valence-corrected chi connectivity index (χ2v) is 9.09. The quantitative estimate of drug-likeness (QED) is 0.237. The molecule has 0 radical (unpaired) electrons. The summed E-state index contributed by atoms with van der Waals surface area (Å²) in [6, 6.07) is 3.93. The zero-order chi connectivity index (χ0) is 24.1. The first kappa shape index (κ1) is 25.4. The monoisotopic (exact) mass is 463 g/mol. The van der Waals surface area contributed by atoms with E-state index in [1.165, 1.54) is 6.20 Å². The molecule has 4 N–H and O–H groups in total. The van der Waals surface area contributed by atoms with Gasteiger partial charge in [0.2, 0.25) is 5.96 Å². The SMILES string of the molecule is CC(C)COC[C@H](NC(=O)c1ccc2c(N(Cl)C(=N)N)cncc2c1)C(=O)OC(C)(C)C. The molecule has 174 valence electrons. The number of pyridine rings is 1. The number of nitrogens with zero attached hydrogens (tertiary/aromatic N) is 2. The zero-order valence-electron chi connectivity index (χ0n) is 18.9. The molecule has 1 aromatic heterocycles. The first-order chi connectivity index (χ1) is 14.9. The fourth-order valence-corrected chi connectivity index (χ4v) is 2.93. The van der Waals surface area contributed by atoms with Crippen LogP contribution in [0.1, 0.15) is 45.0 Å². The van der Waals surface area contributed by atoms with Crippen LogP contribution in [0.2, 0.25) is 0 Å². The van der Waals surface area contributed by atoms with E-state index in [2.05, 4.69) is 10.3 Å². The van der Waals surface area contributed by atoms with E-state index in [0.717, 1.165) is 4.42 Å². The van der Waals surface area contributed by atoms with Crippen LogP contribution in [-0.2, 0) is 14.3 Å². The molecule has 0 fully saturated rings. The van der Waals surface area contributed by atoms with Crippen molar-refractivity contribution in [1.29, 1.82) is 5.41 Å². The van der Waals surface area contributed by atoms with Gasteiger partial charge in [0.05, 0.1) is 18.5 Å². The van der Waals surface area contributed by atoms with E-state index in [1.54, 1.807) is 45.2 Å². The number of aromatic nitrogens is 1. The Morgan fingerprint density at radius 2 is 1.94 bits per heavy atom. The van der Waals surface area contributed by atoms with Crippen molar-refractivity contribution in [3.05, 3.63) is 36.2 Å². The number of hydrogen-bond donors (Lipinski definition) is 3. The van der Waals surface area contributed by atoms with Gasteiger partial charge >= 0.3 is 5.97 Å². The van der Waals surface area contributed by atoms with Crippen molar-refractivity contribution in [3.63, 3.8) is 0 Å². The molecule has 9 nitrogen and oxygen atoms in total. The molecule has 0 saturated heterocycles. The Kier molecular flexibility index (Phi) is 8.40. The normalized spacial score (nSPS) is 12.5. The minimum Gasteiger partial charge on any atom is -0.458 e. The number of hydrogen-bond acceptors (Lipinski definition) is 6. The highest BCUT2D eigenvalue weighted by atomic mass is 35.5. The number of nitrogens with one attached hydrogen (secondary N) is 2. The van der Waals surface area contributed by atoms with Crippen molar-refractivity contribution >= 4 is 46.1 Å². The number of carbonyl (C=O) groups is 2. The molecule has 0 spiro atoms. The van der Waals surface area contributed by atoms with E-state index in [4.69, 9.17) is 32.4 Å². The maximum Gasteiger partial charge on any atom is 0.331 e. The Morgan fingerprint density at radius 1 is 1.25 bits per heavy atom. The second kappa shape index (κ2) is 10.6. The third-order valence-electron chi connectivity index (χ3n) is 4.16. The van der Waals surface area contributed by atoms with Gasteiger partial charge in [-0.25, -0.2) is 9.21 Å². The molecular formula is C22H30ClN5O4. The van der Waals surface area contributed by atoms with Gasteiger partial charge in [-0.1, -0.05) is 19.9 Å². The molecule has 2 rings (SSSR count). The van der Waals surface area contributed by atoms with Crippen molar-refractivity contribution < 1.29 is 19.1 Å². The van der Waals surface area contributed by atoms with Gasteiger partial charge in [0.15, 0.2) is 6.04 Å². The molecule has 1 aromatic carbocycles. The highest BCUT2D eigenvalue weighted by Gasteiger charge is 2.27. The maximum absolute atomic E-state index is 12.9. The number of halogens is 1. The van der Waals surface area contributed by atoms with Gasteiger partial charge < -0.3 is 20.5 Å². The summed E-state index contributed by atoms with van der Waals surface area (Å²) in [6.07, 6.45) is 3.04. The Labute approximate surface area is 192 Å². The van der Waals surface area contributed by atoms with E-state index in [-0.39, 0.29) is 18.5 Å². The van der Waals surface area contributed by atoms with E-state index in [1.807, 2.05) is 13.8 Å². The number of benzene rings is 1. The molecule has 0 bridgehead atoms. The van der Waals surface area contributed by atoms with Crippen LogP contribution in [0.4, 0.5) is 5.69 Å². The molecule has 1 heterocycles. The van der Waals surface area contributed by atoms with Crippen LogP contribution in [0.3, 0.4) is 0 Å². The molecule has 0 aliphatic heterocycles. The molecule has 0 aliphatic carbocycles. The molecule has 10 heteroatoms. The lowest BCUT2D eigenvalue weighted by molar-refractivity contribution is -0.159. The number of rotatable bonds is 8. The lowest BCUT2D eigenvalue weighted by Crippen LogP contribution is -2.47. The Bertz CT molecular complexity index is 990. The molecule has 32 heavy (non-hydrogen) atoms. The van der Waals surface area contributed by atoms with Crippen LogP contribution in [0.15, 0.2) is 30.6 Å². The summed E-state index contributed by atoms with van der Waals surface area (Å²) in [5.74, 6) is -1.11. The van der Waals surface area contributed by atoms with Crippen LogP contribution in [0, 0.1) is 11.3 Å². The van der Waals surface area contributed by atoms with Crippen LogP contribution in [0.25, 0.3) is 10.8 Å². The summed E-state index contributed by atoms with van der Waals surface area (Å²) in [6.45, 7) is 9.71. The molecule has 1 amide bonds. The number of ether oxygens (including phenoxy) is 2. The number of anilines is 1. The van der Waals surface area contributed by atoms with Crippen LogP contribution in [0.5, 0.6) is 0 Å². The van der Waals surface area contributed by atoms with E-state index < -0.39 is 23.5 Å². The molecule has 0 saturated carbocycles. The van der Waals surface area contributed by atoms with Crippen LogP contribution in [-0.4, -0.2) is 47.7 Å². The number of nitrogens with two attached hydrogens (primary N) is 1. The maximum atomic E-state index is 12.9. The summed E-state index contributed by atoms with van der Waals surface area (Å²) in [5, 5.41) is 11.5. The van der Waals surface area contributed by atoms with Gasteiger partial charge in [0.25, 0.3) is 5.91 Å². The van der Waals surface area contributed by atoms with Crippen LogP contribution < -0.4 is 15.5 Å². The Morgan fingerprint density at radius 3 is 2.53 bits per heavy atom. The molecule has 0 unspecified atom stereocenters. The highest BCUT2D eigenvalue weighted by molar-refractivity contribution is 6.38. The topological polar surface area (TPSA) is 131 Å². The largest absolute Gasteiger partial charge is 0.458 e. The lowest BCUT2D eigenvalue weighted by atomic mass is 10.1. The van der Waals surface area contributed by atoms with Crippen molar-refractivity contribution in [2.75, 3.05) is 17.6 Å². The molecule has 2 aromatic rings. The van der Waals surface area contributed by atoms with Gasteiger partial charge in [0, 0.05) is 40.9 Å². The van der Waals surface area contributed by atoms with E-state index in [0.29, 0.717) is 28.6 Å². The summed E-state index contributed by atoms with van der Waals surface area (Å²) in [4.78, 5) is 29.6. The molecule has 1 atom stereocenters.